The molecule has 30 heavy (non-hydrogen) atoms. The van der Waals surface area contributed by atoms with E-state index in [0.29, 0.717) is 0 Å². The van der Waals surface area contributed by atoms with Crippen LogP contribution in [-0.2, 0) is 21.2 Å². The molecule has 2 aromatic carbocycles. The van der Waals surface area contributed by atoms with Gasteiger partial charge in [-0.1, -0.05) is 24.3 Å². The maximum atomic E-state index is 15.1. The molecule has 0 unspecified atom stereocenters. The molecule has 10 heteroatoms. The Bertz CT molecular complexity index is 1140. The second kappa shape index (κ2) is 7.77. The number of carbonyl (C=O) groups excluding carboxylic acids is 2. The van der Waals surface area contributed by atoms with Crippen LogP contribution in [-0.4, -0.2) is 47.9 Å². The second-order valence-electron chi connectivity index (χ2n) is 7.35. The summed E-state index contributed by atoms with van der Waals surface area (Å²) in [4.78, 5) is 25.8. The van der Waals surface area contributed by atoms with Crippen molar-refractivity contribution in [1.82, 2.24) is 10.4 Å². The number of benzene rings is 2. The van der Waals surface area contributed by atoms with Gasteiger partial charge in [0.25, 0.3) is 11.8 Å². The minimum atomic E-state index is -3.93. The van der Waals surface area contributed by atoms with E-state index < -0.39 is 38.0 Å². The topological polar surface area (TPSA) is 104 Å². The van der Waals surface area contributed by atoms with Crippen LogP contribution in [0.25, 0.3) is 11.1 Å². The Labute approximate surface area is 172 Å². The average Bonchev–Trinajstić information content (AvgIpc) is 3.02. The summed E-state index contributed by atoms with van der Waals surface area (Å²) in [5.41, 5.74) is 1.59. The Morgan fingerprint density at radius 2 is 1.80 bits per heavy atom. The molecule has 0 spiro atoms. The van der Waals surface area contributed by atoms with E-state index in [1.54, 1.807) is 6.07 Å². The molecule has 0 fully saturated rings. The Morgan fingerprint density at radius 3 is 2.40 bits per heavy atom. The smallest absolute Gasteiger partial charge is 0.264 e. The van der Waals surface area contributed by atoms with E-state index in [1.165, 1.54) is 40.7 Å². The monoisotopic (exact) mass is 438 g/mol. The molecule has 1 heterocycles. The van der Waals surface area contributed by atoms with Gasteiger partial charge in [-0.05, 0) is 25.5 Å². The van der Waals surface area contributed by atoms with Gasteiger partial charge in [0, 0.05) is 41.6 Å². The van der Waals surface area contributed by atoms with Crippen LogP contribution in [0.5, 0.6) is 0 Å². The number of halogens is 2. The van der Waals surface area contributed by atoms with Crippen LogP contribution in [0.15, 0.2) is 36.4 Å². The van der Waals surface area contributed by atoms with Gasteiger partial charge in [0.1, 0.15) is 11.6 Å². The number of sulfone groups is 1. The fourth-order valence-electron chi connectivity index (χ4n) is 3.41. The largest absolute Gasteiger partial charge is 0.334 e. The molecular formula is C20H20F2N2O5S. The van der Waals surface area contributed by atoms with Crippen LogP contribution in [0.2, 0.25) is 0 Å². The lowest BCUT2D eigenvalue weighted by Crippen LogP contribution is -2.50. The number of nitrogens with one attached hydrogen (secondary N) is 1. The molecule has 3 rings (SSSR count). The summed E-state index contributed by atoms with van der Waals surface area (Å²) in [7, 11) is -3.93. The maximum absolute atomic E-state index is 15.1. The quantitative estimate of drug-likeness (QED) is 0.532. The first-order valence-corrected chi connectivity index (χ1v) is 10.9. The first-order valence-electron chi connectivity index (χ1n) is 9.01. The van der Waals surface area contributed by atoms with E-state index >= 15 is 4.39 Å². The number of nitrogens with zero attached hydrogens (tertiary/aromatic N) is 1. The summed E-state index contributed by atoms with van der Waals surface area (Å²) in [5.74, 6) is -2.98. The van der Waals surface area contributed by atoms with Crippen molar-refractivity contribution in [2.45, 2.75) is 24.6 Å². The van der Waals surface area contributed by atoms with Crippen LogP contribution in [0.3, 0.4) is 0 Å². The summed E-state index contributed by atoms with van der Waals surface area (Å²) in [6.07, 6.45) is 0.545. The Morgan fingerprint density at radius 1 is 1.17 bits per heavy atom. The van der Waals surface area contributed by atoms with Crippen LogP contribution in [0, 0.1) is 11.6 Å². The Hall–Kier alpha value is -2.85. The first-order chi connectivity index (χ1) is 14.0. The molecule has 0 bridgehead atoms. The zero-order chi connectivity index (χ0) is 22.3. The van der Waals surface area contributed by atoms with Crippen LogP contribution < -0.4 is 5.48 Å². The number of rotatable bonds is 6. The van der Waals surface area contributed by atoms with Crippen molar-refractivity contribution in [1.29, 1.82) is 0 Å². The number of hydrogen-bond donors (Lipinski definition) is 2. The lowest BCUT2D eigenvalue weighted by Gasteiger charge is -2.27. The highest BCUT2D eigenvalue weighted by Gasteiger charge is 2.44. The average molecular weight is 438 g/mol. The summed E-state index contributed by atoms with van der Waals surface area (Å²) >= 11 is 0. The molecule has 0 radical (unpaired) electrons. The lowest BCUT2D eigenvalue weighted by molar-refractivity contribution is -0.131. The molecule has 2 aromatic rings. The molecule has 0 saturated heterocycles. The van der Waals surface area contributed by atoms with Gasteiger partial charge in [-0.25, -0.2) is 22.7 Å². The minimum absolute atomic E-state index is 0.0159. The van der Waals surface area contributed by atoms with Gasteiger partial charge >= 0.3 is 0 Å². The normalized spacial score (nSPS) is 15.6. The Balaban J connectivity index is 1.89. The van der Waals surface area contributed by atoms with Crippen LogP contribution >= 0.6 is 0 Å². The molecule has 2 amide bonds. The number of hydrogen-bond acceptors (Lipinski definition) is 5. The van der Waals surface area contributed by atoms with Crippen LogP contribution in [0.4, 0.5) is 8.78 Å². The summed E-state index contributed by atoms with van der Waals surface area (Å²) in [6, 6.07) is 8.42. The van der Waals surface area contributed by atoms with E-state index in [9.17, 15) is 22.4 Å². The Kier molecular flexibility index (Phi) is 5.66. The molecule has 7 nitrogen and oxygen atoms in total. The van der Waals surface area contributed by atoms with Crippen molar-refractivity contribution in [3.8, 4) is 11.1 Å². The number of hydroxylamine groups is 1. The highest BCUT2D eigenvalue weighted by atomic mass is 32.2. The van der Waals surface area contributed by atoms with Gasteiger partial charge in [-0.15, -0.1) is 0 Å². The molecule has 1 aliphatic heterocycles. The van der Waals surface area contributed by atoms with Crippen molar-refractivity contribution >= 4 is 21.7 Å². The molecule has 160 valence electrons. The van der Waals surface area contributed by atoms with Gasteiger partial charge in [0.2, 0.25) is 0 Å². The van der Waals surface area contributed by atoms with Gasteiger partial charge in [-0.2, -0.15) is 0 Å². The second-order valence-corrected chi connectivity index (χ2v) is 9.80. The third kappa shape index (κ3) is 3.56. The standard InChI is InChI=1S/C20H20F2N2O5S/c1-20(19(26)23-27,30(2,28)29)9-10-24-11-15-14(18(24)25)8-7-13(17(15)22)12-5-3-4-6-16(12)21/h3-8,27H,9-11H2,1-2H3,(H,23,26)/t20-/m1/s1. The van der Waals surface area contributed by atoms with Gasteiger partial charge in [0.05, 0.1) is 0 Å². The molecule has 1 atom stereocenters. The third-order valence-electron chi connectivity index (χ3n) is 5.53. The molecule has 2 N–H and O–H groups in total. The van der Waals surface area contributed by atoms with Crippen molar-refractivity contribution in [3.63, 3.8) is 0 Å². The maximum Gasteiger partial charge on any atom is 0.264 e. The third-order valence-corrected chi connectivity index (χ3v) is 7.56. The summed E-state index contributed by atoms with van der Waals surface area (Å²) in [5, 5.41) is 8.89. The fourth-order valence-corrected chi connectivity index (χ4v) is 4.26. The number of amides is 2. The van der Waals surface area contributed by atoms with E-state index in [2.05, 4.69) is 0 Å². The van der Waals surface area contributed by atoms with Crippen LogP contribution in [0.1, 0.15) is 29.3 Å². The van der Waals surface area contributed by atoms with Crippen molar-refractivity contribution < 1.29 is 32.0 Å². The SMILES string of the molecule is C[C@@](CCN1Cc2c(ccc(-c3ccccc3F)c2F)C1=O)(C(=O)NO)S(C)(=O)=O. The summed E-state index contributed by atoms with van der Waals surface area (Å²) < 4.78 is 51.3. The highest BCUT2D eigenvalue weighted by molar-refractivity contribution is 7.92. The first kappa shape index (κ1) is 21.8. The zero-order valence-electron chi connectivity index (χ0n) is 16.3. The van der Waals surface area contributed by atoms with Gasteiger partial charge in [0.15, 0.2) is 14.6 Å². The van der Waals surface area contributed by atoms with Crippen molar-refractivity contribution in [2.24, 2.45) is 0 Å². The van der Waals surface area contributed by atoms with E-state index in [1.807, 2.05) is 0 Å². The number of carbonyl (C=O) groups is 2. The van der Waals surface area contributed by atoms with Crippen molar-refractivity contribution in [2.75, 3.05) is 12.8 Å². The minimum Gasteiger partial charge on any atom is -0.334 e. The molecule has 0 aromatic heterocycles. The molecule has 0 saturated carbocycles. The van der Waals surface area contributed by atoms with E-state index in [0.717, 1.165) is 13.2 Å². The predicted octanol–water partition coefficient (Wildman–Crippen LogP) is 2.29. The van der Waals surface area contributed by atoms with E-state index in [-0.39, 0.29) is 41.8 Å². The lowest BCUT2D eigenvalue weighted by atomic mass is 9.99. The molecule has 0 aliphatic carbocycles. The fraction of sp³-hybridized carbons (Fsp3) is 0.300. The number of fused-ring (bicyclic) bond motifs is 1. The van der Waals surface area contributed by atoms with Gasteiger partial charge in [-0.3, -0.25) is 14.8 Å². The van der Waals surface area contributed by atoms with Gasteiger partial charge < -0.3 is 4.90 Å². The predicted molar refractivity (Wildman–Crippen MR) is 104 cm³/mol. The highest BCUT2D eigenvalue weighted by Crippen LogP contribution is 2.34. The van der Waals surface area contributed by atoms with E-state index in [4.69, 9.17) is 5.21 Å². The van der Waals surface area contributed by atoms with Crippen molar-refractivity contribution in [3.05, 3.63) is 59.2 Å². The molecule has 1 aliphatic rings. The molecular weight excluding hydrogens is 418 g/mol. The summed E-state index contributed by atoms with van der Waals surface area (Å²) in [6.45, 7) is 0.820. The zero-order valence-corrected chi connectivity index (χ0v) is 17.1.